The van der Waals surface area contributed by atoms with Crippen LogP contribution >= 0.6 is 0 Å². The van der Waals surface area contributed by atoms with Gasteiger partial charge in [0.1, 0.15) is 0 Å². The number of hydrogen-bond donors (Lipinski definition) is 0. The summed E-state index contributed by atoms with van der Waals surface area (Å²) >= 11 is 0. The zero-order valence-electron chi connectivity index (χ0n) is 35.3. The van der Waals surface area contributed by atoms with E-state index < -0.39 is 5.41 Å². The Morgan fingerprint density at radius 1 is 0.250 bits per heavy atom. The molecule has 0 fully saturated rings. The van der Waals surface area contributed by atoms with Crippen molar-refractivity contribution in [3.63, 3.8) is 0 Å². The molecule has 0 saturated heterocycles. The van der Waals surface area contributed by atoms with E-state index in [9.17, 15) is 0 Å². The fourth-order valence-electron chi connectivity index (χ4n) is 10.4. The Morgan fingerprint density at radius 3 is 1.34 bits per heavy atom. The molecule has 11 aromatic carbocycles. The lowest BCUT2D eigenvalue weighted by molar-refractivity contribution is 0.768. The maximum absolute atomic E-state index is 2.42. The lowest BCUT2D eigenvalue weighted by Crippen LogP contribution is -2.28. The van der Waals surface area contributed by atoms with Crippen LogP contribution in [-0.2, 0) is 5.41 Å². The van der Waals surface area contributed by atoms with E-state index in [-0.39, 0.29) is 0 Å². The molecule has 0 atom stereocenters. The van der Waals surface area contributed by atoms with E-state index in [1.807, 2.05) is 0 Å². The van der Waals surface area contributed by atoms with E-state index in [2.05, 4.69) is 266 Å². The third kappa shape index (κ3) is 6.16. The Labute approximate surface area is 374 Å². The van der Waals surface area contributed by atoms with Crippen LogP contribution in [0.4, 0.5) is 17.1 Å². The molecular weight excluding hydrogens is 771 g/mol. The van der Waals surface area contributed by atoms with Gasteiger partial charge in [0, 0.05) is 17.1 Å². The molecule has 11 aromatic rings. The minimum Gasteiger partial charge on any atom is -0.310 e. The minimum atomic E-state index is -0.458. The second-order valence-corrected chi connectivity index (χ2v) is 16.8. The molecule has 0 spiro atoms. The molecule has 1 aliphatic rings. The highest BCUT2D eigenvalue weighted by Crippen LogP contribution is 2.57. The van der Waals surface area contributed by atoms with Crippen LogP contribution in [0, 0.1) is 0 Å². The fourth-order valence-corrected chi connectivity index (χ4v) is 10.4. The first-order valence-electron chi connectivity index (χ1n) is 22.2. The second kappa shape index (κ2) is 15.6. The van der Waals surface area contributed by atoms with E-state index in [0.717, 1.165) is 17.1 Å². The van der Waals surface area contributed by atoms with Crippen molar-refractivity contribution < 1.29 is 0 Å². The lowest BCUT2D eigenvalue weighted by atomic mass is 9.68. The highest BCUT2D eigenvalue weighted by atomic mass is 15.1. The fraction of sp³-hybridized carbons (Fsp3) is 0.0159. The molecule has 1 nitrogen and oxygen atoms in total. The molecule has 0 aromatic heterocycles. The number of fused-ring (bicyclic) bond motifs is 5. The first kappa shape index (κ1) is 37.5. The Morgan fingerprint density at radius 2 is 0.703 bits per heavy atom. The van der Waals surface area contributed by atoms with Crippen molar-refractivity contribution in [3.05, 3.63) is 283 Å². The predicted octanol–water partition coefficient (Wildman–Crippen LogP) is 16.8. The summed E-state index contributed by atoms with van der Waals surface area (Å²) in [5, 5.41) is 5.02. The summed E-state index contributed by atoms with van der Waals surface area (Å²) in [5.74, 6) is 0. The quantitative estimate of drug-likeness (QED) is 0.148. The van der Waals surface area contributed by atoms with Crippen molar-refractivity contribution in [2.45, 2.75) is 5.41 Å². The molecule has 0 saturated carbocycles. The van der Waals surface area contributed by atoms with Crippen LogP contribution in [-0.4, -0.2) is 0 Å². The summed E-state index contributed by atoms with van der Waals surface area (Å²) in [4.78, 5) is 2.41. The molecule has 0 amide bonds. The van der Waals surface area contributed by atoms with Crippen LogP contribution in [0.2, 0.25) is 0 Å². The van der Waals surface area contributed by atoms with Gasteiger partial charge in [0.05, 0.1) is 5.41 Å². The van der Waals surface area contributed by atoms with E-state index in [0.29, 0.717) is 0 Å². The average Bonchev–Trinajstić information content (AvgIpc) is 3.67. The van der Waals surface area contributed by atoms with Gasteiger partial charge in [-0.15, -0.1) is 0 Å². The molecular formula is C63H43N. The van der Waals surface area contributed by atoms with Crippen LogP contribution in [0.5, 0.6) is 0 Å². The second-order valence-electron chi connectivity index (χ2n) is 16.8. The van der Waals surface area contributed by atoms with Gasteiger partial charge in [-0.05, 0) is 131 Å². The van der Waals surface area contributed by atoms with Gasteiger partial charge in [-0.3, -0.25) is 0 Å². The van der Waals surface area contributed by atoms with E-state index >= 15 is 0 Å². The zero-order valence-corrected chi connectivity index (χ0v) is 35.3. The van der Waals surface area contributed by atoms with Crippen LogP contribution in [0.15, 0.2) is 261 Å². The molecule has 0 radical (unpaired) electrons. The first-order chi connectivity index (χ1) is 31.7. The number of hydrogen-bond acceptors (Lipinski definition) is 1. The minimum absolute atomic E-state index is 0.458. The van der Waals surface area contributed by atoms with Crippen molar-refractivity contribution in [2.75, 3.05) is 4.90 Å². The smallest absolute Gasteiger partial charge is 0.0713 e. The normalized spacial score (nSPS) is 12.5. The van der Waals surface area contributed by atoms with Crippen molar-refractivity contribution in [2.24, 2.45) is 0 Å². The Bertz CT molecular complexity index is 3430. The predicted molar refractivity (Wildman–Crippen MR) is 270 cm³/mol. The van der Waals surface area contributed by atoms with Gasteiger partial charge < -0.3 is 4.90 Å². The van der Waals surface area contributed by atoms with Gasteiger partial charge in [-0.2, -0.15) is 0 Å². The topological polar surface area (TPSA) is 3.24 Å². The van der Waals surface area contributed by atoms with Crippen molar-refractivity contribution >= 4 is 38.6 Å². The Hall–Kier alpha value is -8.26. The molecule has 0 aliphatic heterocycles. The molecule has 1 heteroatoms. The van der Waals surface area contributed by atoms with Crippen LogP contribution in [0.1, 0.15) is 22.3 Å². The van der Waals surface area contributed by atoms with Crippen LogP contribution in [0.3, 0.4) is 0 Å². The summed E-state index contributed by atoms with van der Waals surface area (Å²) in [5.41, 5.74) is 17.7. The van der Waals surface area contributed by atoms with Crippen molar-refractivity contribution in [1.29, 1.82) is 0 Å². The van der Waals surface area contributed by atoms with Gasteiger partial charge in [-0.25, -0.2) is 0 Å². The lowest BCUT2D eigenvalue weighted by Gasteiger charge is -2.34. The van der Waals surface area contributed by atoms with E-state index in [4.69, 9.17) is 0 Å². The monoisotopic (exact) mass is 813 g/mol. The van der Waals surface area contributed by atoms with Gasteiger partial charge in [-0.1, -0.05) is 218 Å². The summed E-state index contributed by atoms with van der Waals surface area (Å²) in [7, 11) is 0. The average molecular weight is 814 g/mol. The molecule has 64 heavy (non-hydrogen) atoms. The largest absolute Gasteiger partial charge is 0.310 e. The van der Waals surface area contributed by atoms with Crippen molar-refractivity contribution in [3.8, 4) is 44.5 Å². The standard InChI is InChI=1S/C63H43N/c1-3-22-50(23-4-1)63(51-24-5-2-6-25-51)61-31-12-11-28-59(61)60-43-54(40-41-62(60)63)64(53-38-34-47(35-39-53)57-29-14-18-45-16-7-9-26-55(45)57)52-36-32-44(33-37-52)48-20-13-21-49(42-48)58-30-15-19-46-17-8-10-27-56(46)58/h1-43H. The molecule has 12 rings (SSSR count). The van der Waals surface area contributed by atoms with E-state index in [1.54, 1.807) is 0 Å². The summed E-state index contributed by atoms with van der Waals surface area (Å²) in [6, 6.07) is 95.7. The number of rotatable bonds is 8. The van der Waals surface area contributed by atoms with Gasteiger partial charge in [0.2, 0.25) is 0 Å². The summed E-state index contributed by atoms with van der Waals surface area (Å²) < 4.78 is 0. The maximum Gasteiger partial charge on any atom is 0.0713 e. The molecule has 0 unspecified atom stereocenters. The van der Waals surface area contributed by atoms with Crippen LogP contribution < -0.4 is 4.90 Å². The maximum atomic E-state index is 2.42. The van der Waals surface area contributed by atoms with Gasteiger partial charge >= 0.3 is 0 Å². The number of nitrogens with zero attached hydrogens (tertiary/aromatic N) is 1. The first-order valence-corrected chi connectivity index (χ1v) is 22.2. The molecule has 0 N–H and O–H groups in total. The summed E-state index contributed by atoms with van der Waals surface area (Å²) in [6.07, 6.45) is 0. The highest BCUT2D eigenvalue weighted by molar-refractivity contribution is 5.99. The van der Waals surface area contributed by atoms with Gasteiger partial charge in [0.25, 0.3) is 0 Å². The number of anilines is 3. The third-order valence-corrected chi connectivity index (χ3v) is 13.3. The van der Waals surface area contributed by atoms with Crippen LogP contribution in [0.25, 0.3) is 66.1 Å². The number of benzene rings is 11. The zero-order chi connectivity index (χ0) is 42.5. The summed E-state index contributed by atoms with van der Waals surface area (Å²) in [6.45, 7) is 0. The van der Waals surface area contributed by atoms with E-state index in [1.165, 1.54) is 88.3 Å². The molecule has 0 heterocycles. The Balaban J connectivity index is 0.999. The van der Waals surface area contributed by atoms with Gasteiger partial charge in [0.15, 0.2) is 0 Å². The third-order valence-electron chi connectivity index (χ3n) is 13.3. The Kier molecular flexibility index (Phi) is 9.13. The molecule has 1 aliphatic carbocycles. The molecule has 0 bridgehead atoms. The van der Waals surface area contributed by atoms with Crippen molar-refractivity contribution in [1.82, 2.24) is 0 Å². The SMILES string of the molecule is c1ccc(C2(c3ccccc3)c3ccccc3-c3cc(N(c4ccc(-c5cccc(-c6cccc7ccccc67)c5)cc4)c4ccc(-c5cccc6ccccc56)cc4)ccc32)cc1. The molecule has 300 valence electrons. The highest BCUT2D eigenvalue weighted by Gasteiger charge is 2.46.